The number of ether oxygens (including phenoxy) is 1. The summed E-state index contributed by atoms with van der Waals surface area (Å²) in [5, 5.41) is 2.97. The summed E-state index contributed by atoms with van der Waals surface area (Å²) in [6.45, 7) is 3.36. The van der Waals surface area contributed by atoms with Gasteiger partial charge in [0.1, 0.15) is 23.7 Å². The lowest BCUT2D eigenvalue weighted by atomic mass is 9.89. The molecule has 0 spiro atoms. The molecule has 0 fully saturated rings. The number of nitrogens with one attached hydrogen (secondary N) is 1. The van der Waals surface area contributed by atoms with E-state index in [4.69, 9.17) is 4.74 Å². The number of carbonyl (C=O) groups is 1. The average molecular weight is 515 g/mol. The summed E-state index contributed by atoms with van der Waals surface area (Å²) >= 11 is 1.49. The van der Waals surface area contributed by atoms with Crippen molar-refractivity contribution in [2.24, 2.45) is 0 Å². The number of carbonyl (C=O) groups excluding carboxylic acids is 1. The van der Waals surface area contributed by atoms with Gasteiger partial charge in [-0.3, -0.25) is 9.10 Å². The van der Waals surface area contributed by atoms with Gasteiger partial charge in [0.05, 0.1) is 16.6 Å². The highest BCUT2D eigenvalue weighted by molar-refractivity contribution is 7.98. The average Bonchev–Trinajstić information content (AvgIpc) is 2.81. The fourth-order valence-electron chi connectivity index (χ4n) is 4.12. The monoisotopic (exact) mass is 514 g/mol. The van der Waals surface area contributed by atoms with Crippen molar-refractivity contribution in [2.75, 3.05) is 17.1 Å². The second-order valence-corrected chi connectivity index (χ2v) is 11.6. The van der Waals surface area contributed by atoms with Crippen molar-refractivity contribution in [1.82, 2.24) is 5.32 Å². The molecule has 1 N–H and O–H groups in total. The van der Waals surface area contributed by atoms with Crippen molar-refractivity contribution in [1.29, 1.82) is 0 Å². The van der Waals surface area contributed by atoms with Crippen molar-refractivity contribution in [3.8, 4) is 5.75 Å². The second-order valence-electron chi connectivity index (χ2n) is 8.89. The SMILES string of the molecule is CSc1ccc(S(=O)(=O)N(CC(=O)NC2CC(C)(C)Oc3ccccc32)c2cccc(F)c2)cc1. The highest BCUT2D eigenvalue weighted by atomic mass is 32.2. The number of para-hydroxylation sites is 1. The minimum absolute atomic E-state index is 0.0184. The van der Waals surface area contributed by atoms with E-state index in [0.29, 0.717) is 12.2 Å². The smallest absolute Gasteiger partial charge is 0.264 e. The van der Waals surface area contributed by atoms with Crippen LogP contribution >= 0.6 is 11.8 Å². The van der Waals surface area contributed by atoms with Crippen molar-refractivity contribution in [3.63, 3.8) is 0 Å². The zero-order chi connectivity index (χ0) is 25.2. The Hall–Kier alpha value is -3.04. The number of fused-ring (bicyclic) bond motifs is 1. The normalized spacial score (nSPS) is 16.6. The Morgan fingerprint density at radius 1 is 1.11 bits per heavy atom. The first-order valence-corrected chi connectivity index (χ1v) is 13.8. The van der Waals surface area contributed by atoms with E-state index in [-0.39, 0.29) is 16.6 Å². The molecule has 9 heteroatoms. The number of hydrogen-bond donors (Lipinski definition) is 1. The molecule has 1 aliphatic heterocycles. The lowest BCUT2D eigenvalue weighted by Gasteiger charge is -2.38. The lowest BCUT2D eigenvalue weighted by Crippen LogP contribution is -2.45. The van der Waals surface area contributed by atoms with Crippen LogP contribution in [-0.2, 0) is 14.8 Å². The zero-order valence-corrected chi connectivity index (χ0v) is 21.3. The molecule has 0 aromatic heterocycles. The maximum atomic E-state index is 14.0. The molecule has 0 radical (unpaired) electrons. The summed E-state index contributed by atoms with van der Waals surface area (Å²) in [6.07, 6.45) is 2.40. The van der Waals surface area contributed by atoms with Crippen molar-refractivity contribution in [2.45, 2.75) is 41.7 Å². The molecule has 1 aliphatic rings. The van der Waals surface area contributed by atoms with E-state index >= 15 is 0 Å². The summed E-state index contributed by atoms with van der Waals surface area (Å²) in [7, 11) is -4.14. The van der Waals surface area contributed by atoms with Gasteiger partial charge in [0.15, 0.2) is 0 Å². The first-order chi connectivity index (χ1) is 16.6. The van der Waals surface area contributed by atoms with Gasteiger partial charge in [0.2, 0.25) is 5.91 Å². The topological polar surface area (TPSA) is 75.7 Å². The largest absolute Gasteiger partial charge is 0.487 e. The maximum Gasteiger partial charge on any atom is 0.264 e. The lowest BCUT2D eigenvalue weighted by molar-refractivity contribution is -0.120. The second kappa shape index (κ2) is 9.91. The van der Waals surface area contributed by atoms with Gasteiger partial charge in [0.25, 0.3) is 10.0 Å². The van der Waals surface area contributed by atoms with Crippen LogP contribution in [0.4, 0.5) is 10.1 Å². The van der Waals surface area contributed by atoms with E-state index in [2.05, 4.69) is 5.32 Å². The Morgan fingerprint density at radius 3 is 2.51 bits per heavy atom. The van der Waals surface area contributed by atoms with Gasteiger partial charge in [-0.2, -0.15) is 0 Å². The summed E-state index contributed by atoms with van der Waals surface area (Å²) in [5.41, 5.74) is 0.384. The van der Waals surface area contributed by atoms with E-state index in [1.165, 1.54) is 42.1 Å². The number of benzene rings is 3. The summed E-state index contributed by atoms with van der Waals surface area (Å²) in [5.74, 6) is -0.422. The van der Waals surface area contributed by atoms with Crippen LogP contribution < -0.4 is 14.4 Å². The molecule has 1 amide bonds. The molecule has 1 unspecified atom stereocenters. The van der Waals surface area contributed by atoms with Gasteiger partial charge in [-0.1, -0.05) is 24.3 Å². The third-order valence-electron chi connectivity index (χ3n) is 5.74. The highest BCUT2D eigenvalue weighted by Gasteiger charge is 2.35. The molecule has 6 nitrogen and oxygen atoms in total. The molecule has 35 heavy (non-hydrogen) atoms. The van der Waals surface area contributed by atoms with Gasteiger partial charge in [-0.25, -0.2) is 12.8 Å². The van der Waals surface area contributed by atoms with E-state index in [1.807, 2.05) is 44.4 Å². The predicted molar refractivity (Wildman–Crippen MR) is 136 cm³/mol. The minimum Gasteiger partial charge on any atom is -0.487 e. The van der Waals surface area contributed by atoms with Crippen molar-refractivity contribution >= 4 is 33.4 Å². The van der Waals surface area contributed by atoms with Gasteiger partial charge in [-0.05, 0) is 68.6 Å². The number of nitrogens with zero attached hydrogens (tertiary/aromatic N) is 1. The number of hydrogen-bond acceptors (Lipinski definition) is 5. The Labute approximate surface area is 209 Å². The molecule has 184 valence electrons. The van der Waals surface area contributed by atoms with E-state index in [0.717, 1.165) is 20.8 Å². The predicted octanol–water partition coefficient (Wildman–Crippen LogP) is 5.16. The van der Waals surface area contributed by atoms with Crippen LogP contribution in [0.15, 0.2) is 82.6 Å². The third-order valence-corrected chi connectivity index (χ3v) is 8.27. The van der Waals surface area contributed by atoms with E-state index in [9.17, 15) is 17.6 Å². The molecular weight excluding hydrogens is 487 g/mol. The summed E-state index contributed by atoms with van der Waals surface area (Å²) < 4.78 is 48.1. The standard InChI is InChI=1S/C26H27FN2O4S2/c1-26(2)16-23(22-9-4-5-10-24(22)33-26)28-25(30)17-29(19-8-6-7-18(27)15-19)35(31,32)21-13-11-20(34-3)12-14-21/h4-15,23H,16-17H2,1-3H3,(H,28,30). The Balaban J connectivity index is 1.64. The third kappa shape index (κ3) is 5.62. The number of rotatable bonds is 7. The van der Waals surface area contributed by atoms with Crippen LogP contribution in [0.3, 0.4) is 0 Å². The van der Waals surface area contributed by atoms with Crippen LogP contribution in [0, 0.1) is 5.82 Å². The Morgan fingerprint density at radius 2 is 1.83 bits per heavy atom. The molecule has 0 saturated carbocycles. The molecule has 1 heterocycles. The summed E-state index contributed by atoms with van der Waals surface area (Å²) in [6, 6.07) is 18.7. The van der Waals surface area contributed by atoms with Gasteiger partial charge >= 0.3 is 0 Å². The minimum atomic E-state index is -4.14. The van der Waals surface area contributed by atoms with Crippen LogP contribution in [0.25, 0.3) is 0 Å². The van der Waals surface area contributed by atoms with E-state index < -0.39 is 33.9 Å². The van der Waals surface area contributed by atoms with Gasteiger partial charge < -0.3 is 10.1 Å². The highest BCUT2D eigenvalue weighted by Crippen LogP contribution is 2.39. The first-order valence-electron chi connectivity index (χ1n) is 11.1. The number of halogens is 1. The van der Waals surface area contributed by atoms with Crippen LogP contribution in [-0.4, -0.2) is 32.7 Å². The van der Waals surface area contributed by atoms with Gasteiger partial charge in [0, 0.05) is 16.9 Å². The fraction of sp³-hybridized carbons (Fsp3) is 0.269. The molecule has 0 aliphatic carbocycles. The molecule has 1 atom stereocenters. The number of anilines is 1. The van der Waals surface area contributed by atoms with E-state index in [1.54, 1.807) is 12.1 Å². The Kier molecular flexibility index (Phi) is 7.10. The van der Waals surface area contributed by atoms with Crippen LogP contribution in [0.2, 0.25) is 0 Å². The van der Waals surface area contributed by atoms with Crippen LogP contribution in [0.5, 0.6) is 5.75 Å². The molecule has 0 saturated heterocycles. The molecular formula is C26H27FN2O4S2. The first kappa shape index (κ1) is 25.1. The zero-order valence-electron chi connectivity index (χ0n) is 19.7. The van der Waals surface area contributed by atoms with Crippen molar-refractivity contribution < 1.29 is 22.3 Å². The number of sulfonamides is 1. The van der Waals surface area contributed by atoms with Crippen LogP contribution in [0.1, 0.15) is 31.9 Å². The maximum absolute atomic E-state index is 14.0. The quantitative estimate of drug-likeness (QED) is 0.441. The van der Waals surface area contributed by atoms with Crippen molar-refractivity contribution in [3.05, 3.63) is 84.2 Å². The summed E-state index contributed by atoms with van der Waals surface area (Å²) in [4.78, 5) is 14.1. The molecule has 0 bridgehead atoms. The molecule has 3 aromatic rings. The number of amides is 1. The molecule has 3 aromatic carbocycles. The van der Waals surface area contributed by atoms with Gasteiger partial charge in [-0.15, -0.1) is 11.8 Å². The number of thioether (sulfide) groups is 1. The fourth-order valence-corrected chi connectivity index (χ4v) is 5.94. The Bertz CT molecular complexity index is 1330. The molecule has 4 rings (SSSR count).